The highest BCUT2D eigenvalue weighted by atomic mass is 35.5. The van der Waals surface area contributed by atoms with Crippen LogP contribution in [0.1, 0.15) is 22.8 Å². The Kier molecular flexibility index (Phi) is 5.12. The Balaban J connectivity index is 2.08. The molecule has 0 aliphatic rings. The summed E-state index contributed by atoms with van der Waals surface area (Å²) in [5.74, 6) is -0.419. The molecule has 0 radical (unpaired) electrons. The van der Waals surface area contributed by atoms with Crippen molar-refractivity contribution in [2.75, 3.05) is 0 Å². The third-order valence-electron chi connectivity index (χ3n) is 3.17. The van der Waals surface area contributed by atoms with E-state index in [0.717, 1.165) is 5.56 Å². The lowest BCUT2D eigenvalue weighted by Crippen LogP contribution is -2.34. The third kappa shape index (κ3) is 4.05. The second-order valence-corrected chi connectivity index (χ2v) is 5.39. The van der Waals surface area contributed by atoms with E-state index >= 15 is 0 Å². The van der Waals surface area contributed by atoms with E-state index in [1.54, 1.807) is 0 Å². The lowest BCUT2D eigenvalue weighted by Gasteiger charge is -2.14. The lowest BCUT2D eigenvalue weighted by molar-refractivity contribution is -0.384. The number of halogens is 1. The van der Waals surface area contributed by atoms with E-state index in [2.05, 4.69) is 5.32 Å². The van der Waals surface area contributed by atoms with Crippen molar-refractivity contribution in [3.05, 3.63) is 74.8 Å². The van der Waals surface area contributed by atoms with Gasteiger partial charge in [0.1, 0.15) is 0 Å². The second-order valence-electron chi connectivity index (χ2n) is 4.99. The zero-order valence-corrected chi connectivity index (χ0v) is 12.7. The molecule has 0 spiro atoms. The van der Waals surface area contributed by atoms with Gasteiger partial charge >= 0.3 is 0 Å². The number of rotatable bonds is 5. The first kappa shape index (κ1) is 16.0. The van der Waals surface area contributed by atoms with Gasteiger partial charge < -0.3 is 5.32 Å². The summed E-state index contributed by atoms with van der Waals surface area (Å²) in [5.41, 5.74) is 1.04. The predicted octanol–water partition coefficient (Wildman–Crippen LogP) is 3.61. The summed E-state index contributed by atoms with van der Waals surface area (Å²) in [6.07, 6.45) is 0.666. The normalized spacial score (nSPS) is 11.7. The summed E-state index contributed by atoms with van der Waals surface area (Å²) >= 11 is 5.96. The standard InChI is InChI=1S/C16H15ClN2O3/c1-11(9-12-5-3-2-4-6-12)18-16(20)14-10-13(19(21)22)7-8-15(14)17/h2-8,10-11H,9H2,1H3,(H,18,20)/t11-/m0/s1. The third-order valence-corrected chi connectivity index (χ3v) is 3.50. The van der Waals surface area contributed by atoms with Gasteiger partial charge in [0, 0.05) is 18.2 Å². The molecule has 0 aliphatic carbocycles. The van der Waals surface area contributed by atoms with Crippen LogP contribution in [0.25, 0.3) is 0 Å². The van der Waals surface area contributed by atoms with Crippen LogP contribution in [0.3, 0.4) is 0 Å². The average molecular weight is 319 g/mol. The number of non-ortho nitro benzene ring substituents is 1. The minimum absolute atomic E-state index is 0.107. The topological polar surface area (TPSA) is 72.2 Å². The van der Waals surface area contributed by atoms with E-state index in [1.807, 2.05) is 37.3 Å². The van der Waals surface area contributed by atoms with Crippen molar-refractivity contribution in [2.45, 2.75) is 19.4 Å². The van der Waals surface area contributed by atoms with Gasteiger partial charge in [0.05, 0.1) is 15.5 Å². The van der Waals surface area contributed by atoms with Crippen molar-refractivity contribution in [1.82, 2.24) is 5.32 Å². The maximum Gasteiger partial charge on any atom is 0.270 e. The van der Waals surface area contributed by atoms with Crippen LogP contribution in [0.4, 0.5) is 5.69 Å². The molecule has 1 atom stereocenters. The number of nitrogens with one attached hydrogen (secondary N) is 1. The van der Waals surface area contributed by atoms with Gasteiger partial charge in [0.15, 0.2) is 0 Å². The zero-order valence-electron chi connectivity index (χ0n) is 12.0. The largest absolute Gasteiger partial charge is 0.349 e. The Morgan fingerprint density at radius 1 is 1.27 bits per heavy atom. The number of carbonyl (C=O) groups is 1. The first-order valence-corrected chi connectivity index (χ1v) is 7.14. The summed E-state index contributed by atoms with van der Waals surface area (Å²) in [4.78, 5) is 22.4. The molecule has 114 valence electrons. The lowest BCUT2D eigenvalue weighted by atomic mass is 10.1. The molecular weight excluding hydrogens is 304 g/mol. The predicted molar refractivity (Wildman–Crippen MR) is 85.2 cm³/mol. The maximum absolute atomic E-state index is 12.2. The van der Waals surface area contributed by atoms with Crippen molar-refractivity contribution < 1.29 is 9.72 Å². The van der Waals surface area contributed by atoms with E-state index in [4.69, 9.17) is 11.6 Å². The number of benzene rings is 2. The zero-order chi connectivity index (χ0) is 16.1. The number of nitrogens with zero attached hydrogens (tertiary/aromatic N) is 1. The first-order valence-electron chi connectivity index (χ1n) is 6.76. The molecule has 2 rings (SSSR count). The number of carbonyl (C=O) groups excluding carboxylic acids is 1. The molecule has 0 saturated heterocycles. The summed E-state index contributed by atoms with van der Waals surface area (Å²) in [5, 5.41) is 13.8. The van der Waals surface area contributed by atoms with Crippen molar-refractivity contribution in [3.8, 4) is 0 Å². The van der Waals surface area contributed by atoms with E-state index in [9.17, 15) is 14.9 Å². The van der Waals surface area contributed by atoms with Gasteiger partial charge in [-0.05, 0) is 25.0 Å². The smallest absolute Gasteiger partial charge is 0.270 e. The van der Waals surface area contributed by atoms with Crippen LogP contribution in [0.5, 0.6) is 0 Å². The number of hydrogen-bond donors (Lipinski definition) is 1. The molecule has 2 aromatic carbocycles. The fourth-order valence-corrected chi connectivity index (χ4v) is 2.32. The summed E-state index contributed by atoms with van der Waals surface area (Å²) in [7, 11) is 0. The van der Waals surface area contributed by atoms with E-state index < -0.39 is 10.8 Å². The van der Waals surface area contributed by atoms with Gasteiger partial charge in [-0.1, -0.05) is 41.9 Å². The molecule has 6 heteroatoms. The summed E-state index contributed by atoms with van der Waals surface area (Å²) < 4.78 is 0. The highest BCUT2D eigenvalue weighted by Gasteiger charge is 2.17. The highest BCUT2D eigenvalue weighted by molar-refractivity contribution is 6.33. The molecule has 2 aromatic rings. The second kappa shape index (κ2) is 7.04. The summed E-state index contributed by atoms with van der Waals surface area (Å²) in [6, 6.07) is 13.4. The van der Waals surface area contributed by atoms with Gasteiger partial charge in [-0.15, -0.1) is 0 Å². The van der Waals surface area contributed by atoms with Gasteiger partial charge in [0.25, 0.3) is 11.6 Å². The fraction of sp³-hybridized carbons (Fsp3) is 0.188. The van der Waals surface area contributed by atoms with Crippen molar-refractivity contribution in [1.29, 1.82) is 0 Å². The molecule has 22 heavy (non-hydrogen) atoms. The Bertz CT molecular complexity index is 689. The average Bonchev–Trinajstić information content (AvgIpc) is 2.48. The van der Waals surface area contributed by atoms with Crippen LogP contribution in [-0.4, -0.2) is 16.9 Å². The van der Waals surface area contributed by atoms with Gasteiger partial charge in [0.2, 0.25) is 0 Å². The molecule has 0 heterocycles. The van der Waals surface area contributed by atoms with Crippen molar-refractivity contribution in [2.24, 2.45) is 0 Å². The van der Waals surface area contributed by atoms with Crippen LogP contribution in [0, 0.1) is 10.1 Å². The van der Waals surface area contributed by atoms with E-state index in [1.165, 1.54) is 18.2 Å². The molecular formula is C16H15ClN2O3. The quantitative estimate of drug-likeness (QED) is 0.676. The van der Waals surface area contributed by atoms with Crippen LogP contribution < -0.4 is 5.32 Å². The molecule has 0 unspecified atom stereocenters. The van der Waals surface area contributed by atoms with Crippen LogP contribution in [-0.2, 0) is 6.42 Å². The molecule has 1 N–H and O–H groups in total. The monoisotopic (exact) mass is 318 g/mol. The highest BCUT2D eigenvalue weighted by Crippen LogP contribution is 2.22. The van der Waals surface area contributed by atoms with Gasteiger partial charge in [-0.2, -0.15) is 0 Å². The number of hydrogen-bond acceptors (Lipinski definition) is 3. The Morgan fingerprint density at radius 3 is 2.59 bits per heavy atom. The van der Waals surface area contributed by atoms with Gasteiger partial charge in [-0.3, -0.25) is 14.9 Å². The van der Waals surface area contributed by atoms with Crippen molar-refractivity contribution in [3.63, 3.8) is 0 Å². The Labute approximate surface area is 133 Å². The van der Waals surface area contributed by atoms with Gasteiger partial charge in [-0.25, -0.2) is 0 Å². The maximum atomic E-state index is 12.2. The Hall–Kier alpha value is -2.40. The molecule has 0 bridgehead atoms. The summed E-state index contributed by atoms with van der Waals surface area (Å²) in [6.45, 7) is 1.87. The molecule has 0 saturated carbocycles. The van der Waals surface area contributed by atoms with E-state index in [0.29, 0.717) is 6.42 Å². The number of amides is 1. The SMILES string of the molecule is C[C@@H](Cc1ccccc1)NC(=O)c1cc([N+](=O)[O-])ccc1Cl. The van der Waals surface area contributed by atoms with Crippen LogP contribution in [0.2, 0.25) is 5.02 Å². The number of nitro groups is 1. The molecule has 0 fully saturated rings. The molecule has 0 aromatic heterocycles. The molecule has 5 nitrogen and oxygen atoms in total. The van der Waals surface area contributed by atoms with Crippen molar-refractivity contribution >= 4 is 23.2 Å². The van der Waals surface area contributed by atoms with Crippen LogP contribution >= 0.6 is 11.6 Å². The molecule has 1 amide bonds. The van der Waals surface area contributed by atoms with E-state index in [-0.39, 0.29) is 22.3 Å². The minimum Gasteiger partial charge on any atom is -0.349 e. The van der Waals surface area contributed by atoms with Crippen LogP contribution in [0.15, 0.2) is 48.5 Å². The first-order chi connectivity index (χ1) is 10.5. The molecule has 0 aliphatic heterocycles. The minimum atomic E-state index is -0.555. The number of nitro benzene ring substituents is 1. The fourth-order valence-electron chi connectivity index (χ4n) is 2.12. The Morgan fingerprint density at radius 2 is 1.95 bits per heavy atom.